The van der Waals surface area contributed by atoms with Crippen LogP contribution in [0.5, 0.6) is 0 Å². The van der Waals surface area contributed by atoms with Gasteiger partial charge in [-0.05, 0) is 19.9 Å². The molecule has 1 aromatic rings. The van der Waals surface area contributed by atoms with E-state index in [-0.39, 0.29) is 0 Å². The normalized spacial score (nSPS) is 12.9. The third kappa shape index (κ3) is 5.31. The Labute approximate surface area is 99.0 Å². The predicted octanol–water partition coefficient (Wildman–Crippen LogP) is 3.42. The zero-order valence-electron chi connectivity index (χ0n) is 10.6. The lowest BCUT2D eigenvalue weighted by molar-refractivity contribution is 0.527. The lowest BCUT2D eigenvalue weighted by Crippen LogP contribution is -2.19. The van der Waals surface area contributed by atoms with Crippen LogP contribution in [0.3, 0.4) is 0 Å². The summed E-state index contributed by atoms with van der Waals surface area (Å²) in [6.45, 7) is 5.55. The van der Waals surface area contributed by atoms with Crippen molar-refractivity contribution in [2.24, 2.45) is 0 Å². The number of nitrogens with one attached hydrogen (secondary N) is 2. The molecule has 0 spiro atoms. The molecule has 1 unspecified atom stereocenters. The third-order valence-electron chi connectivity index (χ3n) is 3.00. The van der Waals surface area contributed by atoms with E-state index in [2.05, 4.69) is 29.4 Å². The Morgan fingerprint density at radius 3 is 2.69 bits per heavy atom. The summed E-state index contributed by atoms with van der Waals surface area (Å²) in [4.78, 5) is 0. The number of rotatable bonds is 9. The zero-order valence-corrected chi connectivity index (χ0v) is 10.6. The topological polar surface area (TPSA) is 40.7 Å². The lowest BCUT2D eigenvalue weighted by Gasteiger charge is -2.11. The summed E-state index contributed by atoms with van der Waals surface area (Å²) >= 11 is 0. The summed E-state index contributed by atoms with van der Waals surface area (Å²) in [5, 5.41) is 10.3. The van der Waals surface area contributed by atoms with Crippen LogP contribution in [0.15, 0.2) is 12.4 Å². The monoisotopic (exact) mass is 223 g/mol. The highest BCUT2D eigenvalue weighted by atomic mass is 15.1. The van der Waals surface area contributed by atoms with Gasteiger partial charge in [0.2, 0.25) is 0 Å². The second-order valence-corrected chi connectivity index (χ2v) is 4.48. The molecule has 0 aliphatic heterocycles. The molecule has 0 aromatic carbocycles. The average Bonchev–Trinajstić information content (AvgIpc) is 2.81. The largest absolute Gasteiger partial charge is 0.310 e. The molecule has 0 saturated heterocycles. The van der Waals surface area contributed by atoms with Crippen LogP contribution in [0.1, 0.15) is 64.0 Å². The van der Waals surface area contributed by atoms with Crippen LogP contribution in [-0.2, 0) is 0 Å². The Hall–Kier alpha value is -0.830. The minimum atomic E-state index is 0.411. The van der Waals surface area contributed by atoms with Crippen molar-refractivity contribution in [2.45, 2.75) is 58.4 Å². The Morgan fingerprint density at radius 1 is 1.25 bits per heavy atom. The van der Waals surface area contributed by atoms with Crippen molar-refractivity contribution in [3.05, 3.63) is 18.0 Å². The maximum atomic E-state index is 3.96. The fraction of sp³-hybridized carbons (Fsp3) is 0.769. The maximum absolute atomic E-state index is 3.96. The van der Waals surface area contributed by atoms with Gasteiger partial charge in [-0.25, -0.2) is 0 Å². The van der Waals surface area contributed by atoms with Gasteiger partial charge in [-0.3, -0.25) is 5.10 Å². The molecule has 0 fully saturated rings. The van der Waals surface area contributed by atoms with Crippen molar-refractivity contribution in [2.75, 3.05) is 6.54 Å². The first-order valence-electron chi connectivity index (χ1n) is 6.56. The van der Waals surface area contributed by atoms with Crippen molar-refractivity contribution < 1.29 is 0 Å². The number of hydrogen-bond donors (Lipinski definition) is 2. The smallest absolute Gasteiger partial charge is 0.0534 e. The fourth-order valence-electron chi connectivity index (χ4n) is 1.84. The highest BCUT2D eigenvalue weighted by Crippen LogP contribution is 2.09. The van der Waals surface area contributed by atoms with Gasteiger partial charge in [-0.2, -0.15) is 5.10 Å². The van der Waals surface area contributed by atoms with Crippen LogP contribution in [0.4, 0.5) is 0 Å². The molecule has 1 atom stereocenters. The molecule has 2 N–H and O–H groups in total. The van der Waals surface area contributed by atoms with E-state index in [1.165, 1.54) is 44.1 Å². The molecule has 0 saturated carbocycles. The van der Waals surface area contributed by atoms with E-state index < -0.39 is 0 Å². The van der Waals surface area contributed by atoms with Gasteiger partial charge < -0.3 is 5.32 Å². The lowest BCUT2D eigenvalue weighted by atomic mass is 10.1. The van der Waals surface area contributed by atoms with Gasteiger partial charge in [0, 0.05) is 17.8 Å². The van der Waals surface area contributed by atoms with Crippen LogP contribution < -0.4 is 5.32 Å². The molecule has 1 rings (SSSR count). The molecular weight excluding hydrogens is 198 g/mol. The summed E-state index contributed by atoms with van der Waals surface area (Å²) in [7, 11) is 0. The molecule has 0 radical (unpaired) electrons. The van der Waals surface area contributed by atoms with Gasteiger partial charge in [0.1, 0.15) is 0 Å². The highest BCUT2D eigenvalue weighted by Gasteiger charge is 2.04. The Morgan fingerprint density at radius 2 is 2.00 bits per heavy atom. The van der Waals surface area contributed by atoms with Crippen molar-refractivity contribution in [3.63, 3.8) is 0 Å². The van der Waals surface area contributed by atoms with Crippen molar-refractivity contribution in [1.29, 1.82) is 0 Å². The first-order valence-corrected chi connectivity index (χ1v) is 6.56. The molecule has 0 aliphatic rings. The molecule has 1 heterocycles. The zero-order chi connectivity index (χ0) is 11.6. The van der Waals surface area contributed by atoms with Crippen LogP contribution in [0.25, 0.3) is 0 Å². The Bertz CT molecular complexity index is 244. The van der Waals surface area contributed by atoms with Crippen LogP contribution >= 0.6 is 0 Å². The van der Waals surface area contributed by atoms with Crippen LogP contribution in [0.2, 0.25) is 0 Å². The third-order valence-corrected chi connectivity index (χ3v) is 3.00. The molecule has 3 nitrogen and oxygen atoms in total. The second-order valence-electron chi connectivity index (χ2n) is 4.48. The van der Waals surface area contributed by atoms with Crippen molar-refractivity contribution in [1.82, 2.24) is 15.5 Å². The molecule has 0 bridgehead atoms. The standard InChI is InChI=1S/C13H25N3/c1-3-4-5-6-7-8-9-14-12(2)13-10-15-16-11-13/h10-12,14H,3-9H2,1-2H3,(H,15,16). The molecule has 1 aromatic heterocycles. The quantitative estimate of drug-likeness (QED) is 0.630. The van der Waals surface area contributed by atoms with Gasteiger partial charge in [-0.15, -0.1) is 0 Å². The number of aromatic amines is 1. The van der Waals surface area contributed by atoms with Crippen molar-refractivity contribution in [3.8, 4) is 0 Å². The van der Waals surface area contributed by atoms with Gasteiger partial charge in [0.15, 0.2) is 0 Å². The molecule has 92 valence electrons. The minimum Gasteiger partial charge on any atom is -0.310 e. The van der Waals surface area contributed by atoms with E-state index >= 15 is 0 Å². The van der Waals surface area contributed by atoms with Gasteiger partial charge in [0.05, 0.1) is 6.20 Å². The maximum Gasteiger partial charge on any atom is 0.0534 e. The van der Waals surface area contributed by atoms with E-state index in [9.17, 15) is 0 Å². The molecule has 0 amide bonds. The molecule has 3 heteroatoms. The summed E-state index contributed by atoms with van der Waals surface area (Å²) < 4.78 is 0. The van der Waals surface area contributed by atoms with Crippen LogP contribution in [-0.4, -0.2) is 16.7 Å². The summed E-state index contributed by atoms with van der Waals surface area (Å²) in [6.07, 6.45) is 12.0. The average molecular weight is 223 g/mol. The molecular formula is C13H25N3. The Balaban J connectivity index is 1.95. The first kappa shape index (κ1) is 13.2. The summed E-state index contributed by atoms with van der Waals surface area (Å²) in [5.41, 5.74) is 1.24. The second kappa shape index (κ2) is 8.34. The van der Waals surface area contributed by atoms with Gasteiger partial charge in [0.25, 0.3) is 0 Å². The molecule has 16 heavy (non-hydrogen) atoms. The SMILES string of the molecule is CCCCCCCCNC(C)c1cn[nH]c1. The Kier molecular flexibility index (Phi) is 6.90. The summed E-state index contributed by atoms with van der Waals surface area (Å²) in [5.74, 6) is 0. The number of H-pyrrole nitrogens is 1. The highest BCUT2D eigenvalue weighted by molar-refractivity contribution is 5.07. The van der Waals surface area contributed by atoms with E-state index in [0.29, 0.717) is 6.04 Å². The van der Waals surface area contributed by atoms with Crippen LogP contribution in [0, 0.1) is 0 Å². The minimum absolute atomic E-state index is 0.411. The van der Waals surface area contributed by atoms with E-state index in [1.54, 1.807) is 0 Å². The fourth-order valence-corrected chi connectivity index (χ4v) is 1.84. The van der Waals surface area contributed by atoms with E-state index in [0.717, 1.165) is 6.54 Å². The predicted molar refractivity (Wildman–Crippen MR) is 68.4 cm³/mol. The van der Waals surface area contributed by atoms with E-state index in [4.69, 9.17) is 0 Å². The number of hydrogen-bond acceptors (Lipinski definition) is 2. The first-order chi connectivity index (χ1) is 7.84. The number of aromatic nitrogens is 2. The van der Waals surface area contributed by atoms with Gasteiger partial charge in [-0.1, -0.05) is 39.0 Å². The number of unbranched alkanes of at least 4 members (excludes halogenated alkanes) is 5. The molecule has 0 aliphatic carbocycles. The van der Waals surface area contributed by atoms with Crippen molar-refractivity contribution >= 4 is 0 Å². The number of nitrogens with zero attached hydrogens (tertiary/aromatic N) is 1. The summed E-state index contributed by atoms with van der Waals surface area (Å²) in [6, 6.07) is 0.411. The van der Waals surface area contributed by atoms with Gasteiger partial charge >= 0.3 is 0 Å². The van der Waals surface area contributed by atoms with E-state index in [1.807, 2.05) is 12.4 Å².